The van der Waals surface area contributed by atoms with Crippen LogP contribution in [0.5, 0.6) is 5.75 Å². The Bertz CT molecular complexity index is 738. The monoisotopic (exact) mass is 298 g/mol. The third-order valence-electron chi connectivity index (χ3n) is 3.58. The van der Waals surface area contributed by atoms with E-state index in [2.05, 4.69) is 46.9 Å². The van der Waals surface area contributed by atoms with Gasteiger partial charge in [-0.1, -0.05) is 25.1 Å². The lowest BCUT2D eigenvalue weighted by Crippen LogP contribution is -2.22. The summed E-state index contributed by atoms with van der Waals surface area (Å²) in [7, 11) is 1.69. The average Bonchev–Trinajstić information content (AvgIpc) is 3.01. The van der Waals surface area contributed by atoms with Crippen molar-refractivity contribution in [3.63, 3.8) is 0 Å². The molecule has 108 valence electrons. The molecule has 0 saturated heterocycles. The fourth-order valence-electron chi connectivity index (χ4n) is 2.63. The topological polar surface area (TPSA) is 34.2 Å². The largest absolute Gasteiger partial charge is 0.495 e. The van der Waals surface area contributed by atoms with Gasteiger partial charge in [0.1, 0.15) is 5.75 Å². The van der Waals surface area contributed by atoms with Gasteiger partial charge in [0.05, 0.1) is 19.3 Å². The predicted molar refractivity (Wildman–Crippen MR) is 88.1 cm³/mol. The molecule has 3 nitrogen and oxygen atoms in total. The van der Waals surface area contributed by atoms with Crippen molar-refractivity contribution >= 4 is 21.4 Å². The second-order valence-corrected chi connectivity index (χ2v) is 5.71. The van der Waals surface area contributed by atoms with Gasteiger partial charge in [-0.05, 0) is 35.0 Å². The van der Waals surface area contributed by atoms with E-state index in [9.17, 15) is 0 Å². The van der Waals surface area contributed by atoms with E-state index in [1.807, 2.05) is 12.3 Å². The molecule has 1 N–H and O–H groups in total. The number of methoxy groups -OCH3 is 1. The zero-order chi connectivity index (χ0) is 14.7. The number of hydrogen-bond donors (Lipinski definition) is 1. The Morgan fingerprint density at radius 2 is 2.14 bits per heavy atom. The smallest absolute Gasteiger partial charge is 0.142 e. The van der Waals surface area contributed by atoms with E-state index < -0.39 is 0 Å². The zero-order valence-electron chi connectivity index (χ0n) is 12.2. The number of aromatic nitrogens is 1. The number of nitrogens with one attached hydrogen (secondary N) is 1. The highest BCUT2D eigenvalue weighted by Crippen LogP contribution is 2.35. The molecule has 0 spiro atoms. The van der Waals surface area contributed by atoms with Gasteiger partial charge in [0.15, 0.2) is 0 Å². The molecule has 0 aliphatic rings. The van der Waals surface area contributed by atoms with Gasteiger partial charge in [-0.3, -0.25) is 4.98 Å². The summed E-state index contributed by atoms with van der Waals surface area (Å²) in [6.07, 6.45) is 3.59. The molecule has 1 atom stereocenters. The molecular weight excluding hydrogens is 280 g/mol. The van der Waals surface area contributed by atoms with Gasteiger partial charge in [-0.15, -0.1) is 11.3 Å². The summed E-state index contributed by atoms with van der Waals surface area (Å²) in [6, 6.07) is 10.8. The highest BCUT2D eigenvalue weighted by Gasteiger charge is 2.19. The first-order chi connectivity index (χ1) is 10.3. The molecule has 0 aliphatic carbocycles. The third kappa shape index (κ3) is 2.64. The van der Waals surface area contributed by atoms with Crippen LogP contribution in [-0.4, -0.2) is 18.6 Å². The number of nitrogens with zero attached hydrogens (tertiary/aromatic N) is 1. The van der Waals surface area contributed by atoms with E-state index in [1.165, 1.54) is 15.6 Å². The molecule has 21 heavy (non-hydrogen) atoms. The first-order valence-corrected chi connectivity index (χ1v) is 7.90. The van der Waals surface area contributed by atoms with Crippen molar-refractivity contribution in [2.45, 2.75) is 13.0 Å². The molecule has 0 aliphatic heterocycles. The van der Waals surface area contributed by atoms with Crippen LogP contribution < -0.4 is 10.1 Å². The molecule has 1 unspecified atom stereocenters. The molecule has 2 aromatic heterocycles. The summed E-state index contributed by atoms with van der Waals surface area (Å²) in [4.78, 5) is 4.15. The Hall–Kier alpha value is -1.91. The van der Waals surface area contributed by atoms with E-state index in [1.54, 1.807) is 24.6 Å². The molecule has 3 rings (SSSR count). The molecule has 2 heterocycles. The SMILES string of the molecule is CCNC(c1ccncc1OC)c1cccc2ccsc12. The standard InChI is InChI=1S/C17H18N2OS/c1-3-19-16(13-7-9-18-11-15(13)20-2)14-6-4-5-12-8-10-21-17(12)14/h4-11,16,19H,3H2,1-2H3. The van der Waals surface area contributed by atoms with Crippen LogP contribution in [0.15, 0.2) is 48.1 Å². The zero-order valence-corrected chi connectivity index (χ0v) is 13.0. The summed E-state index contributed by atoms with van der Waals surface area (Å²) >= 11 is 1.78. The van der Waals surface area contributed by atoms with Crippen molar-refractivity contribution in [2.24, 2.45) is 0 Å². The van der Waals surface area contributed by atoms with E-state index in [4.69, 9.17) is 4.74 Å². The maximum absolute atomic E-state index is 5.49. The van der Waals surface area contributed by atoms with E-state index in [0.29, 0.717) is 0 Å². The van der Waals surface area contributed by atoms with Crippen LogP contribution in [0.1, 0.15) is 24.1 Å². The number of hydrogen-bond acceptors (Lipinski definition) is 4. The average molecular weight is 298 g/mol. The minimum absolute atomic E-state index is 0.107. The number of ether oxygens (including phenoxy) is 1. The van der Waals surface area contributed by atoms with Crippen LogP contribution in [0.4, 0.5) is 0 Å². The van der Waals surface area contributed by atoms with Gasteiger partial charge in [-0.2, -0.15) is 0 Å². The normalized spacial score (nSPS) is 12.5. The van der Waals surface area contributed by atoms with Crippen molar-refractivity contribution in [3.8, 4) is 5.75 Å². The van der Waals surface area contributed by atoms with Crippen molar-refractivity contribution in [3.05, 3.63) is 59.2 Å². The molecule has 1 aromatic carbocycles. The molecule has 4 heteroatoms. The Morgan fingerprint density at radius 3 is 2.95 bits per heavy atom. The van der Waals surface area contributed by atoms with Crippen LogP contribution >= 0.6 is 11.3 Å². The molecule has 0 fully saturated rings. The summed E-state index contributed by atoms with van der Waals surface area (Å²) in [5.41, 5.74) is 2.41. The fraction of sp³-hybridized carbons (Fsp3) is 0.235. The lowest BCUT2D eigenvalue weighted by molar-refractivity contribution is 0.402. The summed E-state index contributed by atoms with van der Waals surface area (Å²) in [5.74, 6) is 0.817. The Kier molecular flexibility index (Phi) is 4.18. The first kappa shape index (κ1) is 14.0. The predicted octanol–water partition coefficient (Wildman–Crippen LogP) is 4.00. The second kappa shape index (κ2) is 6.24. The number of rotatable bonds is 5. The van der Waals surface area contributed by atoms with Crippen LogP contribution in [-0.2, 0) is 0 Å². The molecule has 0 amide bonds. The number of benzene rings is 1. The maximum Gasteiger partial charge on any atom is 0.142 e. The summed E-state index contributed by atoms with van der Waals surface area (Å²) in [5, 5.41) is 7.00. The van der Waals surface area contributed by atoms with Gasteiger partial charge in [0, 0.05) is 16.5 Å². The molecular formula is C17H18N2OS. The van der Waals surface area contributed by atoms with E-state index >= 15 is 0 Å². The Balaban J connectivity index is 2.16. The highest BCUT2D eigenvalue weighted by atomic mass is 32.1. The van der Waals surface area contributed by atoms with Crippen LogP contribution in [0.2, 0.25) is 0 Å². The fourth-order valence-corrected chi connectivity index (χ4v) is 3.58. The number of pyridine rings is 1. The van der Waals surface area contributed by atoms with Crippen molar-refractivity contribution in [1.82, 2.24) is 10.3 Å². The van der Waals surface area contributed by atoms with Crippen molar-refractivity contribution in [1.29, 1.82) is 0 Å². The van der Waals surface area contributed by atoms with E-state index in [-0.39, 0.29) is 6.04 Å². The molecule has 0 radical (unpaired) electrons. The third-order valence-corrected chi connectivity index (χ3v) is 4.56. The van der Waals surface area contributed by atoms with Crippen molar-refractivity contribution in [2.75, 3.05) is 13.7 Å². The molecule has 3 aromatic rings. The van der Waals surface area contributed by atoms with Gasteiger partial charge < -0.3 is 10.1 Å². The minimum atomic E-state index is 0.107. The second-order valence-electron chi connectivity index (χ2n) is 4.79. The molecule has 0 saturated carbocycles. The highest BCUT2D eigenvalue weighted by molar-refractivity contribution is 7.17. The Morgan fingerprint density at radius 1 is 1.24 bits per heavy atom. The number of fused-ring (bicyclic) bond motifs is 1. The quantitative estimate of drug-likeness (QED) is 0.773. The first-order valence-electron chi connectivity index (χ1n) is 7.02. The van der Waals surface area contributed by atoms with Gasteiger partial charge >= 0.3 is 0 Å². The van der Waals surface area contributed by atoms with Gasteiger partial charge in [0.2, 0.25) is 0 Å². The summed E-state index contributed by atoms with van der Waals surface area (Å²) in [6.45, 7) is 3.01. The van der Waals surface area contributed by atoms with Gasteiger partial charge in [0.25, 0.3) is 0 Å². The van der Waals surface area contributed by atoms with Crippen LogP contribution in [0.25, 0.3) is 10.1 Å². The van der Waals surface area contributed by atoms with Crippen LogP contribution in [0, 0.1) is 0 Å². The van der Waals surface area contributed by atoms with Crippen LogP contribution in [0.3, 0.4) is 0 Å². The minimum Gasteiger partial charge on any atom is -0.495 e. The van der Waals surface area contributed by atoms with Crippen molar-refractivity contribution < 1.29 is 4.74 Å². The molecule has 0 bridgehead atoms. The maximum atomic E-state index is 5.49. The lowest BCUT2D eigenvalue weighted by atomic mass is 9.97. The Labute approximate surface area is 128 Å². The van der Waals surface area contributed by atoms with E-state index in [0.717, 1.165) is 17.9 Å². The van der Waals surface area contributed by atoms with Gasteiger partial charge in [-0.25, -0.2) is 0 Å². The summed E-state index contributed by atoms with van der Waals surface area (Å²) < 4.78 is 6.81. The number of thiophene rings is 1. The lowest BCUT2D eigenvalue weighted by Gasteiger charge is -2.21.